The molecule has 29 heavy (non-hydrogen) atoms. The van der Waals surface area contributed by atoms with Gasteiger partial charge in [-0.25, -0.2) is 31.3 Å². The van der Waals surface area contributed by atoms with Gasteiger partial charge in [0.1, 0.15) is 17.5 Å². The summed E-state index contributed by atoms with van der Waals surface area (Å²) in [5, 5.41) is 2.68. The molecule has 2 amide bonds. The van der Waals surface area contributed by atoms with Crippen molar-refractivity contribution in [2.45, 2.75) is 18.9 Å². The van der Waals surface area contributed by atoms with Crippen LogP contribution >= 0.6 is 0 Å². The third-order valence-electron chi connectivity index (χ3n) is 4.95. The molecule has 1 aliphatic rings. The van der Waals surface area contributed by atoms with Gasteiger partial charge >= 0.3 is 6.03 Å². The lowest BCUT2D eigenvalue weighted by Crippen LogP contribution is -2.48. The van der Waals surface area contributed by atoms with Gasteiger partial charge in [-0.1, -0.05) is 0 Å². The van der Waals surface area contributed by atoms with E-state index in [-0.39, 0.29) is 12.1 Å². The highest BCUT2D eigenvalue weighted by atomic mass is 32.2. The van der Waals surface area contributed by atoms with Crippen LogP contribution < -0.4 is 5.32 Å². The second kappa shape index (κ2) is 8.42. The number of carbonyl (C=O) groups excluding carboxylic acids is 1. The lowest BCUT2D eigenvalue weighted by molar-refractivity contribution is 0.174. The highest BCUT2D eigenvalue weighted by Crippen LogP contribution is 2.22. The predicted molar refractivity (Wildman–Crippen MR) is 106 cm³/mol. The number of amides is 2. The average molecular weight is 424 g/mol. The smallest absolute Gasteiger partial charge is 0.323 e. The molecule has 1 N–H and O–H groups in total. The maximum absolute atomic E-state index is 13.4. The first kappa shape index (κ1) is 21.1. The van der Waals surface area contributed by atoms with Crippen LogP contribution in [-0.2, 0) is 10.0 Å². The maximum Gasteiger partial charge on any atom is 0.323 e. The van der Waals surface area contributed by atoms with E-state index in [0.29, 0.717) is 42.9 Å². The number of hydrogen-bond donors (Lipinski definition) is 1. The Hall–Kier alpha value is -2.59. The first-order chi connectivity index (χ1) is 13.6. The van der Waals surface area contributed by atoms with Crippen LogP contribution in [0.1, 0.15) is 12.8 Å². The second-order valence-corrected chi connectivity index (χ2v) is 9.01. The van der Waals surface area contributed by atoms with Crippen LogP contribution in [0.5, 0.6) is 0 Å². The summed E-state index contributed by atoms with van der Waals surface area (Å²) in [4.78, 5) is 18.2. The minimum atomic E-state index is -3.22. The van der Waals surface area contributed by atoms with E-state index in [1.165, 1.54) is 33.8 Å². The SMILES string of the molecule is CN(C(=O)Nc1ccc(-c2cc(F)cc(F)c2)cn1)C1CCN(S(C)(=O)=O)CC1. The number of pyridine rings is 1. The molecule has 2 aromatic rings. The zero-order valence-electron chi connectivity index (χ0n) is 16.1. The lowest BCUT2D eigenvalue weighted by atomic mass is 10.1. The van der Waals surface area contributed by atoms with E-state index < -0.39 is 21.7 Å². The van der Waals surface area contributed by atoms with E-state index in [4.69, 9.17) is 0 Å². The first-order valence-corrected chi connectivity index (χ1v) is 10.9. The molecule has 0 unspecified atom stereocenters. The van der Waals surface area contributed by atoms with Crippen LogP contribution in [0.25, 0.3) is 11.1 Å². The number of aromatic nitrogens is 1. The Morgan fingerprint density at radius 1 is 1.14 bits per heavy atom. The van der Waals surface area contributed by atoms with Crippen LogP contribution in [0.3, 0.4) is 0 Å². The quantitative estimate of drug-likeness (QED) is 0.818. The largest absolute Gasteiger partial charge is 0.324 e. The van der Waals surface area contributed by atoms with Crippen molar-refractivity contribution in [2.75, 3.05) is 31.7 Å². The molecule has 1 aromatic heterocycles. The zero-order valence-corrected chi connectivity index (χ0v) is 16.9. The number of halogens is 2. The van der Waals surface area contributed by atoms with Crippen LogP contribution in [-0.4, -0.2) is 61.1 Å². The summed E-state index contributed by atoms with van der Waals surface area (Å²) in [5.41, 5.74) is 0.866. The summed E-state index contributed by atoms with van der Waals surface area (Å²) in [6.07, 6.45) is 3.70. The predicted octanol–water partition coefficient (Wildman–Crippen LogP) is 2.91. The Kier molecular flexibility index (Phi) is 6.13. The Bertz CT molecular complexity index is 971. The third-order valence-corrected chi connectivity index (χ3v) is 6.26. The van der Waals surface area contributed by atoms with Crippen molar-refractivity contribution in [1.82, 2.24) is 14.2 Å². The highest BCUT2D eigenvalue weighted by molar-refractivity contribution is 7.88. The zero-order chi connectivity index (χ0) is 21.2. The molecule has 3 rings (SSSR count). The Labute approximate surface area is 168 Å². The van der Waals surface area contributed by atoms with Gasteiger partial charge in [-0.15, -0.1) is 0 Å². The topological polar surface area (TPSA) is 82.6 Å². The van der Waals surface area contributed by atoms with Crippen molar-refractivity contribution in [2.24, 2.45) is 0 Å². The minimum absolute atomic E-state index is 0.0810. The molecule has 0 radical (unpaired) electrons. The maximum atomic E-state index is 13.4. The fraction of sp³-hybridized carbons (Fsp3) is 0.368. The van der Waals surface area contributed by atoms with Crippen molar-refractivity contribution < 1.29 is 22.0 Å². The molecular formula is C19H22F2N4O3S. The van der Waals surface area contributed by atoms with E-state index in [1.807, 2.05) is 0 Å². The number of benzene rings is 1. The third kappa shape index (κ3) is 5.27. The average Bonchev–Trinajstić information content (AvgIpc) is 2.66. The first-order valence-electron chi connectivity index (χ1n) is 9.05. The number of urea groups is 1. The molecule has 10 heteroatoms. The minimum Gasteiger partial charge on any atom is -0.324 e. The van der Waals surface area contributed by atoms with Gasteiger partial charge in [0, 0.05) is 44.0 Å². The van der Waals surface area contributed by atoms with Crippen LogP contribution in [0.2, 0.25) is 0 Å². The molecule has 156 valence electrons. The Morgan fingerprint density at radius 3 is 2.28 bits per heavy atom. The summed E-state index contributed by atoms with van der Waals surface area (Å²) in [6, 6.07) is 5.92. The van der Waals surface area contributed by atoms with Crippen LogP contribution in [0, 0.1) is 11.6 Å². The number of nitrogens with zero attached hydrogens (tertiary/aromatic N) is 3. The summed E-state index contributed by atoms with van der Waals surface area (Å²) >= 11 is 0. The molecule has 0 saturated carbocycles. The standard InChI is InChI=1S/C19H22F2N4O3S/c1-24(17-5-7-25(8-6-17)29(2,27)28)19(26)23-18-4-3-13(12-22-18)14-9-15(20)11-16(21)10-14/h3-4,9-12,17H,5-8H2,1-2H3,(H,22,23,26). The van der Waals surface area contributed by atoms with E-state index in [0.717, 1.165) is 6.07 Å². The van der Waals surface area contributed by atoms with Gasteiger partial charge < -0.3 is 4.90 Å². The summed E-state index contributed by atoms with van der Waals surface area (Å²) < 4.78 is 51.3. The van der Waals surface area contributed by atoms with Crippen LogP contribution in [0.4, 0.5) is 19.4 Å². The molecule has 1 aromatic carbocycles. The molecule has 0 spiro atoms. The number of rotatable bonds is 4. The monoisotopic (exact) mass is 424 g/mol. The number of carbonyl (C=O) groups is 1. The molecule has 7 nitrogen and oxygen atoms in total. The van der Waals surface area contributed by atoms with E-state index in [9.17, 15) is 22.0 Å². The van der Waals surface area contributed by atoms with E-state index in [2.05, 4.69) is 10.3 Å². The van der Waals surface area contributed by atoms with Gasteiger partial charge in [-0.05, 0) is 42.7 Å². The number of piperidine rings is 1. The normalized spacial score (nSPS) is 15.9. The van der Waals surface area contributed by atoms with Crippen molar-refractivity contribution in [3.63, 3.8) is 0 Å². The molecule has 2 heterocycles. The molecule has 0 aliphatic carbocycles. The molecule has 1 saturated heterocycles. The molecule has 0 atom stereocenters. The number of nitrogens with one attached hydrogen (secondary N) is 1. The van der Waals surface area contributed by atoms with Gasteiger partial charge in [0.05, 0.1) is 6.26 Å². The lowest BCUT2D eigenvalue weighted by Gasteiger charge is -2.35. The van der Waals surface area contributed by atoms with Gasteiger partial charge in [0.15, 0.2) is 0 Å². The molecule has 0 bridgehead atoms. The number of sulfonamides is 1. The Morgan fingerprint density at radius 2 is 1.76 bits per heavy atom. The van der Waals surface area contributed by atoms with Gasteiger partial charge in [0.25, 0.3) is 0 Å². The number of hydrogen-bond acceptors (Lipinski definition) is 4. The van der Waals surface area contributed by atoms with Crippen LogP contribution in [0.15, 0.2) is 36.5 Å². The van der Waals surface area contributed by atoms with Crippen molar-refractivity contribution in [1.29, 1.82) is 0 Å². The summed E-state index contributed by atoms with van der Waals surface area (Å²) in [5.74, 6) is -1.06. The fourth-order valence-corrected chi connectivity index (χ4v) is 4.16. The molecular weight excluding hydrogens is 402 g/mol. The van der Waals surface area contributed by atoms with Crippen molar-refractivity contribution >= 4 is 21.9 Å². The van der Waals surface area contributed by atoms with Gasteiger partial charge in [0.2, 0.25) is 10.0 Å². The van der Waals surface area contributed by atoms with Crippen molar-refractivity contribution in [3.8, 4) is 11.1 Å². The van der Waals surface area contributed by atoms with E-state index in [1.54, 1.807) is 19.2 Å². The highest BCUT2D eigenvalue weighted by Gasteiger charge is 2.29. The van der Waals surface area contributed by atoms with Crippen molar-refractivity contribution in [3.05, 3.63) is 48.2 Å². The van der Waals surface area contributed by atoms with Gasteiger partial charge in [-0.2, -0.15) is 0 Å². The van der Waals surface area contributed by atoms with Gasteiger partial charge in [-0.3, -0.25) is 5.32 Å². The Balaban J connectivity index is 1.60. The molecule has 1 aliphatic heterocycles. The summed E-state index contributed by atoms with van der Waals surface area (Å²) in [6.45, 7) is 0.747. The second-order valence-electron chi connectivity index (χ2n) is 7.02. The number of anilines is 1. The molecule has 1 fully saturated rings. The van der Waals surface area contributed by atoms with E-state index >= 15 is 0 Å². The fourth-order valence-electron chi connectivity index (χ4n) is 3.28. The summed E-state index contributed by atoms with van der Waals surface area (Å²) in [7, 11) is -1.57.